The van der Waals surface area contributed by atoms with E-state index >= 15 is 0 Å². The van der Waals surface area contributed by atoms with Crippen LogP contribution in [0, 0.1) is 0 Å². The topological polar surface area (TPSA) is 63.4 Å². The maximum Gasteiger partial charge on any atom is 0.253 e. The van der Waals surface area contributed by atoms with Crippen molar-refractivity contribution in [2.24, 2.45) is 0 Å². The van der Waals surface area contributed by atoms with Gasteiger partial charge < -0.3 is 19.8 Å². The van der Waals surface area contributed by atoms with Crippen LogP contribution >= 0.6 is 0 Å². The molecule has 0 spiro atoms. The second kappa shape index (κ2) is 7.30. The Kier molecular flexibility index (Phi) is 4.93. The first-order valence-electron chi connectivity index (χ1n) is 8.25. The van der Waals surface area contributed by atoms with Crippen molar-refractivity contribution in [2.45, 2.75) is 19.9 Å². The average Bonchev–Trinajstić information content (AvgIpc) is 2.65. The van der Waals surface area contributed by atoms with Crippen LogP contribution in [0.4, 0.5) is 5.69 Å². The van der Waals surface area contributed by atoms with E-state index in [1.165, 1.54) is 5.56 Å². The highest BCUT2D eigenvalue weighted by Gasteiger charge is 2.07. The predicted molar refractivity (Wildman–Crippen MR) is 101 cm³/mol. The summed E-state index contributed by atoms with van der Waals surface area (Å²) in [6.07, 6.45) is 0.964. The van der Waals surface area contributed by atoms with Gasteiger partial charge in [0.05, 0.1) is 19.9 Å². The molecule has 0 atom stereocenters. The Balaban J connectivity index is 1.88. The fourth-order valence-corrected chi connectivity index (χ4v) is 2.79. The number of hydrogen-bond acceptors (Lipinski definition) is 4. The number of rotatable bonds is 6. The summed E-state index contributed by atoms with van der Waals surface area (Å²) in [6, 6.07) is 13.6. The summed E-state index contributed by atoms with van der Waals surface area (Å²) in [5, 5.41) is 4.30. The van der Waals surface area contributed by atoms with Gasteiger partial charge in [-0.05, 0) is 47.7 Å². The van der Waals surface area contributed by atoms with Crippen LogP contribution in [0.1, 0.15) is 18.1 Å². The van der Waals surface area contributed by atoms with Gasteiger partial charge in [-0.25, -0.2) is 0 Å². The molecule has 0 aliphatic rings. The van der Waals surface area contributed by atoms with Crippen LogP contribution in [-0.2, 0) is 13.0 Å². The summed E-state index contributed by atoms with van der Waals surface area (Å²) >= 11 is 0. The van der Waals surface area contributed by atoms with E-state index in [9.17, 15) is 4.79 Å². The highest BCUT2D eigenvalue weighted by atomic mass is 16.5. The Bertz CT molecular complexity index is 947. The number of hydrogen-bond donors (Lipinski definition) is 2. The van der Waals surface area contributed by atoms with Gasteiger partial charge in [-0.2, -0.15) is 0 Å². The van der Waals surface area contributed by atoms with Crippen LogP contribution in [0.25, 0.3) is 10.9 Å². The summed E-state index contributed by atoms with van der Waals surface area (Å²) in [4.78, 5) is 15.3. The largest absolute Gasteiger partial charge is 0.497 e. The molecular formula is C20H22N2O3. The molecule has 0 unspecified atom stereocenters. The summed E-state index contributed by atoms with van der Waals surface area (Å²) in [7, 11) is 3.22. The number of aryl methyl sites for hydroxylation is 1. The van der Waals surface area contributed by atoms with Crippen molar-refractivity contribution < 1.29 is 9.47 Å². The van der Waals surface area contributed by atoms with Crippen molar-refractivity contribution in [3.05, 3.63) is 63.9 Å². The lowest BCUT2D eigenvalue weighted by Crippen LogP contribution is -2.16. The number of benzene rings is 2. The summed E-state index contributed by atoms with van der Waals surface area (Å²) < 4.78 is 10.6. The number of nitrogens with one attached hydrogen (secondary N) is 2. The molecule has 130 valence electrons. The lowest BCUT2D eigenvalue weighted by molar-refractivity contribution is 0.395. The van der Waals surface area contributed by atoms with E-state index in [2.05, 4.69) is 23.3 Å². The normalized spacial score (nSPS) is 10.7. The second-order valence-electron chi connectivity index (χ2n) is 5.82. The third-order valence-corrected chi connectivity index (χ3v) is 4.27. The van der Waals surface area contributed by atoms with Gasteiger partial charge in [-0.3, -0.25) is 4.79 Å². The molecule has 5 heteroatoms. The van der Waals surface area contributed by atoms with Gasteiger partial charge in [0.15, 0.2) is 0 Å². The van der Waals surface area contributed by atoms with Crippen molar-refractivity contribution in [3.63, 3.8) is 0 Å². The maximum absolute atomic E-state index is 12.3. The van der Waals surface area contributed by atoms with Crippen LogP contribution in [0.2, 0.25) is 0 Å². The van der Waals surface area contributed by atoms with E-state index < -0.39 is 0 Å². The van der Waals surface area contributed by atoms with Crippen molar-refractivity contribution in [1.29, 1.82) is 0 Å². The zero-order valence-electron chi connectivity index (χ0n) is 14.7. The van der Waals surface area contributed by atoms with Gasteiger partial charge >= 0.3 is 0 Å². The Morgan fingerprint density at radius 2 is 1.88 bits per heavy atom. The standard InChI is InChI=1S/C20H22N2O3/c1-4-13-5-7-17-14(9-13)10-15(20(23)22-17)12-21-18-8-6-16(24-2)11-19(18)25-3/h5-11,21H,4,12H2,1-3H3,(H,22,23). The second-order valence-corrected chi connectivity index (χ2v) is 5.82. The Labute approximate surface area is 146 Å². The SMILES string of the molecule is CCc1ccc2[nH]c(=O)c(CNc3ccc(OC)cc3OC)cc2c1. The van der Waals surface area contributed by atoms with E-state index in [0.717, 1.165) is 28.8 Å². The molecule has 3 aromatic rings. The average molecular weight is 338 g/mol. The molecule has 3 rings (SSSR count). The number of aromatic nitrogens is 1. The van der Waals surface area contributed by atoms with Crippen LogP contribution in [0.3, 0.4) is 0 Å². The molecule has 0 saturated carbocycles. The minimum absolute atomic E-state index is 0.0864. The summed E-state index contributed by atoms with van der Waals surface area (Å²) in [5.41, 5.74) is 3.50. The zero-order chi connectivity index (χ0) is 17.8. The lowest BCUT2D eigenvalue weighted by atomic mass is 10.1. The monoisotopic (exact) mass is 338 g/mol. The molecule has 0 saturated heterocycles. The number of ether oxygens (including phenoxy) is 2. The smallest absolute Gasteiger partial charge is 0.253 e. The van der Waals surface area contributed by atoms with E-state index in [1.807, 2.05) is 30.3 Å². The first kappa shape index (κ1) is 16.9. The number of methoxy groups -OCH3 is 2. The quantitative estimate of drug-likeness (QED) is 0.719. The van der Waals surface area contributed by atoms with E-state index in [0.29, 0.717) is 17.9 Å². The molecule has 25 heavy (non-hydrogen) atoms. The van der Waals surface area contributed by atoms with Gasteiger partial charge in [0.25, 0.3) is 5.56 Å². The lowest BCUT2D eigenvalue weighted by Gasteiger charge is -2.12. The number of pyridine rings is 1. The molecule has 0 amide bonds. The first-order valence-corrected chi connectivity index (χ1v) is 8.25. The minimum atomic E-state index is -0.0864. The minimum Gasteiger partial charge on any atom is -0.497 e. The molecular weight excluding hydrogens is 316 g/mol. The number of fused-ring (bicyclic) bond motifs is 1. The van der Waals surface area contributed by atoms with E-state index in [-0.39, 0.29) is 5.56 Å². The Morgan fingerprint density at radius 3 is 2.60 bits per heavy atom. The number of aromatic amines is 1. The molecule has 2 aromatic carbocycles. The molecule has 0 radical (unpaired) electrons. The van der Waals surface area contributed by atoms with E-state index in [1.54, 1.807) is 20.3 Å². The number of H-pyrrole nitrogens is 1. The third-order valence-electron chi connectivity index (χ3n) is 4.27. The molecule has 0 aliphatic carbocycles. The molecule has 5 nitrogen and oxygen atoms in total. The van der Waals surface area contributed by atoms with Crippen LogP contribution in [-0.4, -0.2) is 19.2 Å². The Morgan fingerprint density at radius 1 is 1.04 bits per heavy atom. The van der Waals surface area contributed by atoms with Crippen LogP contribution < -0.4 is 20.3 Å². The Hall–Kier alpha value is -2.95. The molecule has 1 aromatic heterocycles. The van der Waals surface area contributed by atoms with Crippen LogP contribution in [0.5, 0.6) is 11.5 Å². The fourth-order valence-electron chi connectivity index (χ4n) is 2.79. The molecule has 0 aliphatic heterocycles. The molecule has 0 fully saturated rings. The van der Waals surface area contributed by atoms with Gasteiger partial charge in [-0.1, -0.05) is 13.0 Å². The highest BCUT2D eigenvalue weighted by Crippen LogP contribution is 2.29. The third kappa shape index (κ3) is 3.60. The summed E-state index contributed by atoms with van der Waals surface area (Å²) in [5.74, 6) is 1.39. The van der Waals surface area contributed by atoms with Crippen molar-refractivity contribution in [3.8, 4) is 11.5 Å². The predicted octanol–water partition coefficient (Wildman–Crippen LogP) is 3.72. The maximum atomic E-state index is 12.3. The van der Waals surface area contributed by atoms with Gasteiger partial charge in [0.1, 0.15) is 11.5 Å². The zero-order valence-corrected chi connectivity index (χ0v) is 14.7. The molecule has 0 bridgehead atoms. The number of anilines is 1. The van der Waals surface area contributed by atoms with Crippen LogP contribution in [0.15, 0.2) is 47.3 Å². The summed E-state index contributed by atoms with van der Waals surface area (Å²) in [6.45, 7) is 2.52. The molecule has 2 N–H and O–H groups in total. The van der Waals surface area contributed by atoms with Crippen molar-refractivity contribution in [2.75, 3.05) is 19.5 Å². The van der Waals surface area contributed by atoms with Crippen molar-refractivity contribution in [1.82, 2.24) is 4.98 Å². The van der Waals surface area contributed by atoms with Gasteiger partial charge in [0, 0.05) is 23.7 Å². The van der Waals surface area contributed by atoms with E-state index in [4.69, 9.17) is 9.47 Å². The highest BCUT2D eigenvalue weighted by molar-refractivity contribution is 5.79. The van der Waals surface area contributed by atoms with Crippen molar-refractivity contribution >= 4 is 16.6 Å². The first-order chi connectivity index (χ1) is 12.1. The molecule has 1 heterocycles. The van der Waals surface area contributed by atoms with Gasteiger partial charge in [0.2, 0.25) is 0 Å². The fraction of sp³-hybridized carbons (Fsp3) is 0.250. The van der Waals surface area contributed by atoms with Gasteiger partial charge in [-0.15, -0.1) is 0 Å².